The molecule has 75 heavy (non-hydrogen) atoms. The van der Waals surface area contributed by atoms with Gasteiger partial charge in [-0.2, -0.15) is 0 Å². The van der Waals surface area contributed by atoms with Gasteiger partial charge in [-0.25, -0.2) is 0 Å². The lowest BCUT2D eigenvalue weighted by molar-refractivity contribution is -0.249. The highest BCUT2D eigenvalue weighted by atomic mass is 16.3. The minimum Gasteiger partial charge on any atom is -0.396 e. The van der Waals surface area contributed by atoms with Crippen molar-refractivity contribution in [1.82, 2.24) is 25.3 Å². The van der Waals surface area contributed by atoms with Gasteiger partial charge < -0.3 is 40.9 Å². The van der Waals surface area contributed by atoms with Gasteiger partial charge in [0.1, 0.15) is 6.04 Å². The summed E-state index contributed by atoms with van der Waals surface area (Å²) < 4.78 is 0. The van der Waals surface area contributed by atoms with E-state index in [1.54, 1.807) is 16.8 Å². The molecule has 1 saturated heterocycles. The molecule has 5 aliphatic carbocycles. The van der Waals surface area contributed by atoms with Crippen molar-refractivity contribution in [2.75, 3.05) is 54.1 Å². The first-order valence-corrected chi connectivity index (χ1v) is 30.1. The maximum Gasteiger partial charge on any atom is 0.245 e. The van der Waals surface area contributed by atoms with Crippen molar-refractivity contribution < 1.29 is 39.6 Å². The van der Waals surface area contributed by atoms with E-state index >= 15 is 0 Å². The summed E-state index contributed by atoms with van der Waals surface area (Å²) in [6.07, 6.45) is 13.4. The molecule has 6 fully saturated rings. The molecule has 0 radical (unpaired) electrons. The van der Waals surface area contributed by atoms with Gasteiger partial charge in [0.05, 0.1) is 12.1 Å². The summed E-state index contributed by atoms with van der Waals surface area (Å²) in [5.41, 5.74) is 1.50. The Hall–Kier alpha value is -2.58. The predicted octanol–water partition coefficient (Wildman–Crippen LogP) is 8.32. The Kier molecular flexibility index (Phi) is 19.7. The van der Waals surface area contributed by atoms with E-state index in [9.17, 15) is 39.6 Å². The van der Waals surface area contributed by atoms with Gasteiger partial charge in [0, 0.05) is 76.2 Å². The summed E-state index contributed by atoms with van der Waals surface area (Å²) in [5, 5.41) is 50.7. The van der Waals surface area contributed by atoms with E-state index in [4.69, 9.17) is 6.58 Å². The molecule has 3 unspecified atom stereocenters. The number of hydrogen-bond donors (Lipinski definition) is 6. The van der Waals surface area contributed by atoms with Gasteiger partial charge in [-0.1, -0.05) is 102 Å². The molecule has 4 amide bonds. The third kappa shape index (κ3) is 11.2. The summed E-state index contributed by atoms with van der Waals surface area (Å²) in [5.74, 6) is -0.444. The number of nitrogens with one attached hydrogen (secondary N) is 2. The van der Waals surface area contributed by atoms with E-state index in [-0.39, 0.29) is 113 Å². The Morgan fingerprint density at radius 1 is 0.773 bits per heavy atom. The molecule has 0 bridgehead atoms. The van der Waals surface area contributed by atoms with Crippen LogP contribution in [-0.4, -0.2) is 143 Å². The van der Waals surface area contributed by atoms with Crippen molar-refractivity contribution in [3.8, 4) is 0 Å². The molecule has 13 heteroatoms. The fourth-order valence-electron chi connectivity index (χ4n) is 18.8. The summed E-state index contributed by atoms with van der Waals surface area (Å²) in [6.45, 7) is 31.5. The van der Waals surface area contributed by atoms with Gasteiger partial charge >= 0.3 is 0 Å². The van der Waals surface area contributed by atoms with Crippen LogP contribution in [0.4, 0.5) is 0 Å². The fraction of sp³-hybridized carbons (Fsp3) is 0.903. The van der Waals surface area contributed by atoms with Gasteiger partial charge in [0.15, 0.2) is 0 Å². The zero-order chi connectivity index (χ0) is 55.9. The number of likely N-dealkylation sites (tertiary alicyclic amines) is 1. The zero-order valence-corrected chi connectivity index (χ0v) is 49.9. The first-order chi connectivity index (χ1) is 35.1. The summed E-state index contributed by atoms with van der Waals surface area (Å²) >= 11 is 0. The number of nitrogens with zero attached hydrogens (tertiary/aromatic N) is 3. The van der Waals surface area contributed by atoms with Crippen molar-refractivity contribution in [1.29, 1.82) is 0 Å². The molecule has 5 saturated carbocycles. The molecule has 0 aromatic heterocycles. The lowest BCUT2D eigenvalue weighted by Gasteiger charge is -2.73. The minimum atomic E-state index is -0.796. The second-order valence-electron chi connectivity index (χ2n) is 28.2. The normalized spacial score (nSPS) is 36.0. The average molecular weight is 1050 g/mol. The van der Waals surface area contributed by atoms with Crippen LogP contribution in [0.15, 0.2) is 12.2 Å². The number of rotatable bonds is 22. The van der Waals surface area contributed by atoms with E-state index in [0.717, 1.165) is 51.4 Å². The molecular formula is C62H109N5O8. The van der Waals surface area contributed by atoms with Crippen LogP contribution in [0.3, 0.4) is 0 Å². The van der Waals surface area contributed by atoms with Gasteiger partial charge in [-0.05, 0) is 172 Å². The number of amides is 4. The molecule has 6 rings (SSSR count). The lowest BCUT2D eigenvalue weighted by atomic mass is 9.32. The first-order valence-electron chi connectivity index (χ1n) is 30.1. The Bertz CT molecular complexity index is 2000. The van der Waals surface area contributed by atoms with Crippen LogP contribution in [0.2, 0.25) is 0 Å². The van der Waals surface area contributed by atoms with Crippen LogP contribution in [-0.2, 0) is 19.2 Å². The second kappa shape index (κ2) is 24.0. The van der Waals surface area contributed by atoms with Crippen LogP contribution >= 0.6 is 0 Å². The van der Waals surface area contributed by atoms with Crippen LogP contribution in [0.1, 0.15) is 179 Å². The number of aliphatic hydroxyl groups is 4. The van der Waals surface area contributed by atoms with Crippen molar-refractivity contribution in [2.24, 2.45) is 92.2 Å². The standard InChI is InChI=1S/C62H109N5O8/c1-17-39(6)54(66(16)57(75)52(37(2)3)64-56(74)53(38(4)5)65(14)15)42(34-68)33-50(72)67-32-18-19-46(67)44(35-69)41(8)55(73)63-31-25-40(7)43-22-28-62(36-70)30-29-60(12)45(51(43)62)20-21-48-59(11)26-24-49(71)58(9,10)47(59)23-27-61(48,60)13/h37-39,41-49,51-54,68-71H,7,17-36H2,1-6,8-16H3,(H,63,73)(H,64,74)/t39-,41+,42-,43-,44+,45?,46?,47-,48?,49-,51+,52-,53-,54-,59-,60+,61+,62+/m0/s1. The molecule has 18 atom stereocenters. The zero-order valence-electron chi connectivity index (χ0n) is 49.9. The Morgan fingerprint density at radius 3 is 2.04 bits per heavy atom. The van der Waals surface area contributed by atoms with E-state index in [1.165, 1.54) is 24.8 Å². The largest absolute Gasteiger partial charge is 0.396 e. The Balaban J connectivity index is 1.09. The molecule has 6 aliphatic rings. The van der Waals surface area contributed by atoms with E-state index in [0.29, 0.717) is 56.0 Å². The van der Waals surface area contributed by atoms with Gasteiger partial charge in [-0.3, -0.25) is 24.1 Å². The Morgan fingerprint density at radius 2 is 1.45 bits per heavy atom. The van der Waals surface area contributed by atoms with E-state index < -0.39 is 35.9 Å². The second-order valence-corrected chi connectivity index (χ2v) is 28.2. The highest BCUT2D eigenvalue weighted by Crippen LogP contribution is 2.77. The third-order valence-electron chi connectivity index (χ3n) is 23.4. The smallest absolute Gasteiger partial charge is 0.245 e. The van der Waals surface area contributed by atoms with Crippen LogP contribution in [0.5, 0.6) is 0 Å². The number of carbonyl (C=O) groups excluding carboxylic acids is 4. The number of fused-ring (bicyclic) bond motifs is 7. The van der Waals surface area contributed by atoms with Crippen molar-refractivity contribution in [2.45, 2.75) is 210 Å². The first kappa shape index (κ1) is 61.6. The van der Waals surface area contributed by atoms with Crippen molar-refractivity contribution in [3.63, 3.8) is 0 Å². The number of carbonyl (C=O) groups is 4. The number of hydrogen-bond acceptors (Lipinski definition) is 9. The maximum absolute atomic E-state index is 14.5. The SMILES string of the molecule is C=C(CCNC(=O)[C@H](C)[C@@H](CO)C1CCCN1C(=O)C[C@@H](CO)[C@H]([C@@H](C)CC)N(C)C(=O)[C@@H](NC(=O)[C@H](C(C)C)N(C)C)C(C)C)[C@@H]1CC[C@]2(CO)CC[C@]3(C)C(CCC4[C@@]5(C)CC[C@H](O)C(C)(C)[C@@H]5CC[C@]43C)[C@@H]12. The molecular weight excluding hydrogens is 943 g/mol. The molecule has 0 aromatic rings. The monoisotopic (exact) mass is 1050 g/mol. The van der Waals surface area contributed by atoms with Gasteiger partial charge in [-0.15, -0.1) is 0 Å². The molecule has 0 aromatic carbocycles. The number of likely N-dealkylation sites (N-methyl/N-ethyl adjacent to an activating group) is 2. The number of aliphatic hydroxyl groups excluding tert-OH is 4. The summed E-state index contributed by atoms with van der Waals surface area (Å²) in [7, 11) is 5.43. The Labute approximate surface area is 454 Å². The molecule has 1 aliphatic heterocycles. The minimum absolute atomic E-state index is 0.00200. The average Bonchev–Trinajstić information content (AvgIpc) is 4.00. The topological polar surface area (TPSA) is 183 Å². The lowest BCUT2D eigenvalue weighted by Crippen LogP contribution is -2.66. The third-order valence-corrected chi connectivity index (χ3v) is 23.4. The van der Waals surface area contributed by atoms with E-state index in [1.807, 2.05) is 67.5 Å². The summed E-state index contributed by atoms with van der Waals surface area (Å²) in [4.78, 5) is 61.9. The van der Waals surface area contributed by atoms with Crippen LogP contribution < -0.4 is 10.6 Å². The fourth-order valence-corrected chi connectivity index (χ4v) is 18.8. The molecule has 6 N–H and O–H groups in total. The molecule has 13 nitrogen and oxygen atoms in total. The molecule has 1 heterocycles. The molecule has 0 spiro atoms. The highest BCUT2D eigenvalue weighted by Gasteiger charge is 2.71. The van der Waals surface area contributed by atoms with Crippen LogP contribution in [0.25, 0.3) is 0 Å². The predicted molar refractivity (Wildman–Crippen MR) is 299 cm³/mol. The maximum atomic E-state index is 14.5. The van der Waals surface area contributed by atoms with Crippen LogP contribution in [0, 0.1) is 92.2 Å². The quantitative estimate of drug-likeness (QED) is 0.0581. The van der Waals surface area contributed by atoms with E-state index in [2.05, 4.69) is 45.3 Å². The van der Waals surface area contributed by atoms with Crippen molar-refractivity contribution >= 4 is 23.6 Å². The van der Waals surface area contributed by atoms with Crippen molar-refractivity contribution in [3.05, 3.63) is 12.2 Å². The summed E-state index contributed by atoms with van der Waals surface area (Å²) in [6, 6.07) is -2.06. The van der Waals surface area contributed by atoms with Gasteiger partial charge in [0.2, 0.25) is 23.6 Å². The highest BCUT2D eigenvalue weighted by molar-refractivity contribution is 5.90. The van der Waals surface area contributed by atoms with Gasteiger partial charge in [0.25, 0.3) is 0 Å². The molecule has 430 valence electrons.